The first kappa shape index (κ1) is 25.0. The molecule has 2 bridgehead atoms. The van der Waals surface area contributed by atoms with Gasteiger partial charge in [0.1, 0.15) is 0 Å². The van der Waals surface area contributed by atoms with Crippen molar-refractivity contribution in [2.24, 2.45) is 34.6 Å². The minimum absolute atomic E-state index is 0. The molecule has 2 amide bonds. The maximum absolute atomic E-state index is 12.8. The summed E-state index contributed by atoms with van der Waals surface area (Å²) in [7, 11) is 0. The number of fused-ring (bicyclic) bond motifs is 5. The minimum Gasteiger partial charge on any atom is -0.371 e. The Kier molecular flexibility index (Phi) is 8.16. The number of hydrogen-bond acceptors (Lipinski definition) is 4. The Labute approximate surface area is 219 Å². The number of allylic oxidation sites excluding steroid dienone is 2. The van der Waals surface area contributed by atoms with Crippen LogP contribution >= 0.6 is 24.0 Å². The Morgan fingerprint density at radius 1 is 1.06 bits per heavy atom. The molecular weight excluding hydrogens is 541 g/mol. The van der Waals surface area contributed by atoms with Gasteiger partial charge in [0.15, 0.2) is 5.96 Å². The number of halogens is 1. The van der Waals surface area contributed by atoms with Crippen LogP contribution in [0.5, 0.6) is 0 Å². The summed E-state index contributed by atoms with van der Waals surface area (Å²) < 4.78 is 0. The number of para-hydroxylation sites is 1. The number of anilines is 1. The van der Waals surface area contributed by atoms with E-state index < -0.39 is 0 Å². The molecule has 2 aliphatic heterocycles. The summed E-state index contributed by atoms with van der Waals surface area (Å²) in [4.78, 5) is 34.4. The lowest BCUT2D eigenvalue weighted by molar-refractivity contribution is -0.140. The molecule has 0 aromatic heterocycles. The van der Waals surface area contributed by atoms with E-state index in [4.69, 9.17) is 4.99 Å². The molecule has 0 spiro atoms. The predicted molar refractivity (Wildman–Crippen MR) is 145 cm³/mol. The van der Waals surface area contributed by atoms with Crippen LogP contribution in [0.1, 0.15) is 26.2 Å². The van der Waals surface area contributed by atoms with Crippen LogP contribution in [0.4, 0.5) is 5.69 Å². The molecule has 1 aromatic carbocycles. The Morgan fingerprint density at radius 2 is 1.76 bits per heavy atom. The predicted octanol–water partition coefficient (Wildman–Crippen LogP) is 2.88. The van der Waals surface area contributed by atoms with Crippen LogP contribution in [0.25, 0.3) is 0 Å². The fourth-order valence-corrected chi connectivity index (χ4v) is 6.05. The molecule has 2 aliphatic carbocycles. The third kappa shape index (κ3) is 4.97. The van der Waals surface area contributed by atoms with Crippen molar-refractivity contribution in [2.45, 2.75) is 26.2 Å². The van der Waals surface area contributed by atoms with Crippen LogP contribution in [0.15, 0.2) is 47.5 Å². The smallest absolute Gasteiger partial charge is 0.233 e. The van der Waals surface area contributed by atoms with E-state index in [0.29, 0.717) is 19.0 Å². The van der Waals surface area contributed by atoms with Gasteiger partial charge in [-0.1, -0.05) is 30.4 Å². The number of nitrogens with zero attached hydrogens (tertiary/aromatic N) is 3. The number of aliphatic imine (C=N–C) groups is 1. The number of guanidine groups is 1. The third-order valence-electron chi connectivity index (χ3n) is 7.67. The number of rotatable bonds is 8. The SMILES string of the molecule is CCNC(=NCC1CCN(c2ccccc2)C1)NCCCN1C(=O)C2C3C=CC(C3)C2C1=O.I. The van der Waals surface area contributed by atoms with Crippen molar-refractivity contribution in [1.82, 2.24) is 15.5 Å². The average molecular weight is 578 g/mol. The van der Waals surface area contributed by atoms with Gasteiger partial charge in [0.2, 0.25) is 11.8 Å². The highest BCUT2D eigenvalue weighted by Crippen LogP contribution is 2.52. The lowest BCUT2D eigenvalue weighted by atomic mass is 9.85. The zero-order valence-electron chi connectivity index (χ0n) is 19.9. The number of hydrogen-bond donors (Lipinski definition) is 2. The number of carbonyl (C=O) groups is 2. The van der Waals surface area contributed by atoms with Gasteiger partial charge in [0, 0.05) is 45.0 Å². The maximum Gasteiger partial charge on any atom is 0.233 e. The van der Waals surface area contributed by atoms with Crippen molar-refractivity contribution in [3.05, 3.63) is 42.5 Å². The summed E-state index contributed by atoms with van der Waals surface area (Å²) in [5.74, 6) is 1.82. The lowest BCUT2D eigenvalue weighted by Gasteiger charge is -2.19. The standard InChI is InChI=1S/C26H35N5O2.HI/c1-2-27-26(29-16-18-11-14-30(17-18)21-7-4-3-5-8-21)28-12-6-13-31-24(32)22-19-9-10-20(15-19)23(22)25(31)33;/h3-5,7-10,18-20,22-23H,2,6,11-17H2,1H3,(H2,27,28,29);1H. The van der Waals surface area contributed by atoms with Crippen LogP contribution in [-0.2, 0) is 9.59 Å². The lowest BCUT2D eigenvalue weighted by Crippen LogP contribution is -2.40. The fraction of sp³-hybridized carbons (Fsp3) is 0.577. The zero-order chi connectivity index (χ0) is 22.8. The number of imide groups is 1. The van der Waals surface area contributed by atoms with Gasteiger partial charge in [-0.3, -0.25) is 19.5 Å². The van der Waals surface area contributed by atoms with Crippen LogP contribution in [0.2, 0.25) is 0 Å². The van der Waals surface area contributed by atoms with E-state index in [0.717, 1.165) is 51.4 Å². The first-order valence-electron chi connectivity index (χ1n) is 12.5. The Balaban J connectivity index is 0.00000274. The summed E-state index contributed by atoms with van der Waals surface area (Å²) in [6, 6.07) is 10.6. The first-order valence-corrected chi connectivity index (χ1v) is 12.5. The summed E-state index contributed by atoms with van der Waals surface area (Å²) in [6.45, 7) is 6.94. The van der Waals surface area contributed by atoms with Gasteiger partial charge in [-0.15, -0.1) is 24.0 Å². The van der Waals surface area contributed by atoms with Crippen LogP contribution in [0.3, 0.4) is 0 Å². The molecule has 4 aliphatic rings. The summed E-state index contributed by atoms with van der Waals surface area (Å²) in [5, 5.41) is 6.70. The van der Waals surface area contributed by atoms with Crippen LogP contribution in [0, 0.1) is 29.6 Å². The molecule has 5 atom stereocenters. The number of likely N-dealkylation sites (tertiary alicyclic amines) is 1. The molecule has 2 N–H and O–H groups in total. The molecule has 5 unspecified atom stereocenters. The largest absolute Gasteiger partial charge is 0.371 e. The van der Waals surface area contributed by atoms with E-state index in [2.05, 4.69) is 64.9 Å². The molecule has 184 valence electrons. The highest BCUT2D eigenvalue weighted by molar-refractivity contribution is 14.0. The van der Waals surface area contributed by atoms with E-state index in [1.165, 1.54) is 10.6 Å². The van der Waals surface area contributed by atoms with Gasteiger partial charge in [0.05, 0.1) is 11.8 Å². The maximum atomic E-state index is 12.8. The molecule has 5 rings (SSSR count). The normalized spacial score (nSPS) is 29.6. The zero-order valence-corrected chi connectivity index (χ0v) is 22.2. The molecule has 2 heterocycles. The average Bonchev–Trinajstić information content (AvgIpc) is 3.61. The van der Waals surface area contributed by atoms with Crippen molar-refractivity contribution in [1.29, 1.82) is 0 Å². The number of amides is 2. The highest BCUT2D eigenvalue weighted by Gasteiger charge is 2.58. The minimum atomic E-state index is -0.0961. The van der Waals surface area contributed by atoms with E-state index >= 15 is 0 Å². The van der Waals surface area contributed by atoms with Gasteiger partial charge in [-0.2, -0.15) is 0 Å². The van der Waals surface area contributed by atoms with Crippen molar-refractivity contribution < 1.29 is 9.59 Å². The van der Waals surface area contributed by atoms with Crippen molar-refractivity contribution in [3.8, 4) is 0 Å². The van der Waals surface area contributed by atoms with E-state index in [1.807, 2.05) is 0 Å². The summed E-state index contributed by atoms with van der Waals surface area (Å²) in [5.41, 5.74) is 1.29. The highest BCUT2D eigenvalue weighted by atomic mass is 127. The van der Waals surface area contributed by atoms with E-state index in [1.54, 1.807) is 0 Å². The first-order chi connectivity index (χ1) is 16.2. The fourth-order valence-electron chi connectivity index (χ4n) is 6.05. The number of benzene rings is 1. The molecule has 0 radical (unpaired) electrons. The molecule has 8 heteroatoms. The van der Waals surface area contributed by atoms with Crippen LogP contribution < -0.4 is 15.5 Å². The van der Waals surface area contributed by atoms with Gasteiger partial charge >= 0.3 is 0 Å². The van der Waals surface area contributed by atoms with Gasteiger partial charge < -0.3 is 15.5 Å². The quantitative estimate of drug-likeness (QED) is 0.124. The summed E-state index contributed by atoms with van der Waals surface area (Å²) in [6.07, 6.45) is 7.15. The monoisotopic (exact) mass is 577 g/mol. The van der Waals surface area contributed by atoms with Crippen LogP contribution in [-0.4, -0.2) is 61.9 Å². The van der Waals surface area contributed by atoms with Gasteiger partial charge in [-0.05, 0) is 56.1 Å². The Morgan fingerprint density at radius 3 is 2.44 bits per heavy atom. The summed E-state index contributed by atoms with van der Waals surface area (Å²) >= 11 is 0. The van der Waals surface area contributed by atoms with Crippen molar-refractivity contribution >= 4 is 47.4 Å². The second-order valence-electron chi connectivity index (χ2n) is 9.76. The van der Waals surface area contributed by atoms with Gasteiger partial charge in [0.25, 0.3) is 0 Å². The molecule has 1 saturated carbocycles. The second-order valence-corrected chi connectivity index (χ2v) is 9.76. The number of nitrogens with one attached hydrogen (secondary N) is 2. The van der Waals surface area contributed by atoms with Crippen molar-refractivity contribution in [2.75, 3.05) is 44.2 Å². The van der Waals surface area contributed by atoms with Gasteiger partial charge in [-0.25, -0.2) is 0 Å². The van der Waals surface area contributed by atoms with E-state index in [9.17, 15) is 9.59 Å². The Bertz CT molecular complexity index is 906. The van der Waals surface area contributed by atoms with E-state index in [-0.39, 0.29) is 59.5 Å². The Hall–Kier alpha value is -2.10. The molecule has 2 saturated heterocycles. The topological polar surface area (TPSA) is 77.0 Å². The molecule has 1 aromatic rings. The third-order valence-corrected chi connectivity index (χ3v) is 7.67. The molecule has 3 fully saturated rings. The molecule has 7 nitrogen and oxygen atoms in total. The van der Waals surface area contributed by atoms with Crippen molar-refractivity contribution in [3.63, 3.8) is 0 Å². The number of carbonyl (C=O) groups excluding carboxylic acids is 2. The second kappa shape index (κ2) is 11.1. The molecular formula is C26H36IN5O2. The molecule has 34 heavy (non-hydrogen) atoms.